The van der Waals surface area contributed by atoms with Gasteiger partial charge in [-0.05, 0) is 43.4 Å². The van der Waals surface area contributed by atoms with Crippen LogP contribution >= 0.6 is 0 Å². The van der Waals surface area contributed by atoms with E-state index in [0.717, 1.165) is 12.5 Å². The molecule has 3 heteroatoms. The van der Waals surface area contributed by atoms with Gasteiger partial charge in [-0.3, -0.25) is 0 Å². The van der Waals surface area contributed by atoms with Crippen molar-refractivity contribution in [2.75, 3.05) is 6.54 Å². The summed E-state index contributed by atoms with van der Waals surface area (Å²) in [6.07, 6.45) is 2.68. The van der Waals surface area contributed by atoms with Crippen molar-refractivity contribution < 1.29 is 4.39 Å². The Hall–Kier alpha value is -1.40. The maximum Gasteiger partial charge on any atom is 0.129 e. The van der Waals surface area contributed by atoms with E-state index in [1.54, 1.807) is 12.1 Å². The second-order valence-electron chi connectivity index (χ2n) is 4.86. The third kappa shape index (κ3) is 3.28. The van der Waals surface area contributed by atoms with Crippen LogP contribution in [-0.4, -0.2) is 6.54 Å². The highest BCUT2D eigenvalue weighted by molar-refractivity contribution is 5.32. The van der Waals surface area contributed by atoms with Gasteiger partial charge < -0.3 is 5.32 Å². The molecule has 1 aromatic rings. The van der Waals surface area contributed by atoms with Crippen LogP contribution in [0.2, 0.25) is 0 Å². The van der Waals surface area contributed by atoms with Gasteiger partial charge in [-0.2, -0.15) is 5.26 Å². The third-order valence-corrected chi connectivity index (χ3v) is 3.39. The monoisotopic (exact) mass is 232 g/mol. The Morgan fingerprint density at radius 2 is 2.29 bits per heavy atom. The van der Waals surface area contributed by atoms with E-state index in [2.05, 4.69) is 12.2 Å². The Kier molecular flexibility index (Phi) is 3.75. The van der Waals surface area contributed by atoms with Crippen molar-refractivity contribution >= 4 is 0 Å². The van der Waals surface area contributed by atoms with Crippen molar-refractivity contribution in [2.45, 2.75) is 26.3 Å². The number of nitrogens with zero attached hydrogens (tertiary/aromatic N) is 1. The second-order valence-corrected chi connectivity index (χ2v) is 4.86. The Balaban J connectivity index is 1.84. The maximum absolute atomic E-state index is 13.5. The summed E-state index contributed by atoms with van der Waals surface area (Å²) < 4.78 is 13.5. The summed E-state index contributed by atoms with van der Waals surface area (Å²) in [6.45, 7) is 3.71. The molecule has 1 N–H and O–H groups in total. The first kappa shape index (κ1) is 12.1. The average molecular weight is 232 g/mol. The molecule has 90 valence electrons. The molecular weight excluding hydrogens is 215 g/mol. The van der Waals surface area contributed by atoms with Crippen LogP contribution < -0.4 is 5.32 Å². The highest BCUT2D eigenvalue weighted by atomic mass is 19.1. The predicted molar refractivity (Wildman–Crippen MR) is 64.7 cm³/mol. The first-order valence-electron chi connectivity index (χ1n) is 6.10. The van der Waals surface area contributed by atoms with Crippen molar-refractivity contribution in [2.24, 2.45) is 11.8 Å². The van der Waals surface area contributed by atoms with Gasteiger partial charge in [0.25, 0.3) is 0 Å². The minimum absolute atomic E-state index is 0.296. The molecule has 0 spiro atoms. The van der Waals surface area contributed by atoms with Gasteiger partial charge in [0, 0.05) is 12.1 Å². The smallest absolute Gasteiger partial charge is 0.129 e. The molecule has 1 aromatic carbocycles. The lowest BCUT2D eigenvalue weighted by atomic mass is 10.1. The minimum Gasteiger partial charge on any atom is -0.312 e. The van der Waals surface area contributed by atoms with Gasteiger partial charge in [0.1, 0.15) is 5.82 Å². The van der Waals surface area contributed by atoms with Crippen LogP contribution in [0.25, 0.3) is 0 Å². The molecule has 2 nitrogen and oxygen atoms in total. The molecule has 17 heavy (non-hydrogen) atoms. The quantitative estimate of drug-likeness (QED) is 0.847. The minimum atomic E-state index is -0.296. The maximum atomic E-state index is 13.5. The van der Waals surface area contributed by atoms with E-state index >= 15 is 0 Å². The van der Waals surface area contributed by atoms with Gasteiger partial charge >= 0.3 is 0 Å². The van der Waals surface area contributed by atoms with Crippen LogP contribution in [0.4, 0.5) is 4.39 Å². The highest BCUT2D eigenvalue weighted by Gasteiger charge is 2.27. The molecule has 1 unspecified atom stereocenters. The standard InChI is InChI=1S/C14H17FN2/c1-10(12-4-5-12)8-17-9-13-3-2-11(7-16)6-14(13)15/h2-3,6,10,12,17H,4-5,8-9H2,1H3. The number of hydrogen-bond acceptors (Lipinski definition) is 2. The Labute approximate surface area is 101 Å². The van der Waals surface area contributed by atoms with E-state index in [0.29, 0.717) is 23.6 Å². The molecule has 2 rings (SSSR count). The first-order valence-corrected chi connectivity index (χ1v) is 6.10. The van der Waals surface area contributed by atoms with Gasteiger partial charge in [0.15, 0.2) is 0 Å². The van der Waals surface area contributed by atoms with E-state index in [1.807, 2.05) is 6.07 Å². The van der Waals surface area contributed by atoms with Crippen LogP contribution in [0, 0.1) is 29.0 Å². The summed E-state index contributed by atoms with van der Waals surface area (Å²) in [5.41, 5.74) is 1.00. The fourth-order valence-corrected chi connectivity index (χ4v) is 2.03. The van der Waals surface area contributed by atoms with E-state index in [-0.39, 0.29) is 5.82 Å². The summed E-state index contributed by atoms with van der Waals surface area (Å²) in [6, 6.07) is 6.57. The largest absolute Gasteiger partial charge is 0.312 e. The average Bonchev–Trinajstić information content (AvgIpc) is 3.15. The highest BCUT2D eigenvalue weighted by Crippen LogP contribution is 2.36. The number of halogens is 1. The number of nitriles is 1. The fraction of sp³-hybridized carbons (Fsp3) is 0.500. The van der Waals surface area contributed by atoms with Crippen LogP contribution in [0.1, 0.15) is 30.9 Å². The molecule has 1 aliphatic rings. The Morgan fingerprint density at radius 3 is 2.88 bits per heavy atom. The number of benzene rings is 1. The molecule has 0 aliphatic heterocycles. The van der Waals surface area contributed by atoms with Crippen molar-refractivity contribution in [3.05, 3.63) is 35.1 Å². The van der Waals surface area contributed by atoms with E-state index in [1.165, 1.54) is 18.9 Å². The number of hydrogen-bond donors (Lipinski definition) is 1. The Bertz CT molecular complexity index is 432. The zero-order chi connectivity index (χ0) is 12.3. The SMILES string of the molecule is CC(CNCc1ccc(C#N)cc1F)C1CC1. The molecule has 1 fully saturated rings. The summed E-state index contributed by atoms with van der Waals surface area (Å²) >= 11 is 0. The summed E-state index contributed by atoms with van der Waals surface area (Å²) in [5, 5.41) is 11.9. The van der Waals surface area contributed by atoms with Crippen LogP contribution in [0.5, 0.6) is 0 Å². The van der Waals surface area contributed by atoms with Crippen LogP contribution in [0.3, 0.4) is 0 Å². The van der Waals surface area contributed by atoms with E-state index < -0.39 is 0 Å². The van der Waals surface area contributed by atoms with Gasteiger partial charge in [0.2, 0.25) is 0 Å². The van der Waals surface area contributed by atoms with Crippen molar-refractivity contribution in [3.8, 4) is 6.07 Å². The summed E-state index contributed by atoms with van der Waals surface area (Å²) in [4.78, 5) is 0. The zero-order valence-electron chi connectivity index (χ0n) is 10.0. The molecule has 0 radical (unpaired) electrons. The topological polar surface area (TPSA) is 35.8 Å². The molecule has 1 saturated carbocycles. The predicted octanol–water partition coefficient (Wildman–Crippen LogP) is 2.83. The molecule has 0 saturated heterocycles. The van der Waals surface area contributed by atoms with Gasteiger partial charge in [0.05, 0.1) is 11.6 Å². The summed E-state index contributed by atoms with van der Waals surface area (Å²) in [5.74, 6) is 1.25. The fourth-order valence-electron chi connectivity index (χ4n) is 2.03. The molecule has 0 amide bonds. The molecule has 0 aromatic heterocycles. The number of rotatable bonds is 5. The Morgan fingerprint density at radius 1 is 1.53 bits per heavy atom. The van der Waals surface area contributed by atoms with E-state index in [9.17, 15) is 4.39 Å². The molecule has 1 atom stereocenters. The molecule has 1 aliphatic carbocycles. The van der Waals surface area contributed by atoms with Crippen LogP contribution in [0.15, 0.2) is 18.2 Å². The van der Waals surface area contributed by atoms with Gasteiger partial charge in [-0.25, -0.2) is 4.39 Å². The lowest BCUT2D eigenvalue weighted by Crippen LogP contribution is -2.22. The lowest BCUT2D eigenvalue weighted by molar-refractivity contribution is 0.457. The van der Waals surface area contributed by atoms with E-state index in [4.69, 9.17) is 5.26 Å². The molecular formula is C14H17FN2. The van der Waals surface area contributed by atoms with Crippen molar-refractivity contribution in [1.82, 2.24) is 5.32 Å². The van der Waals surface area contributed by atoms with Crippen molar-refractivity contribution in [3.63, 3.8) is 0 Å². The number of nitrogens with one attached hydrogen (secondary N) is 1. The zero-order valence-corrected chi connectivity index (χ0v) is 10.0. The first-order chi connectivity index (χ1) is 8.20. The van der Waals surface area contributed by atoms with Crippen molar-refractivity contribution in [1.29, 1.82) is 5.26 Å². The summed E-state index contributed by atoms with van der Waals surface area (Å²) in [7, 11) is 0. The van der Waals surface area contributed by atoms with Gasteiger partial charge in [-0.1, -0.05) is 13.0 Å². The van der Waals surface area contributed by atoms with Crippen LogP contribution in [-0.2, 0) is 6.54 Å². The molecule has 0 bridgehead atoms. The lowest BCUT2D eigenvalue weighted by Gasteiger charge is -2.11. The molecule has 0 heterocycles. The normalized spacial score (nSPS) is 16.5. The van der Waals surface area contributed by atoms with Gasteiger partial charge in [-0.15, -0.1) is 0 Å². The third-order valence-electron chi connectivity index (χ3n) is 3.39. The second kappa shape index (κ2) is 5.29.